The van der Waals surface area contributed by atoms with Gasteiger partial charge in [-0.3, -0.25) is 9.59 Å². The standard InChI is InChI=1S/C15H19BrN2O2/c1-3-9-17-15(20)11(2)18-14(19)8-7-12-5-4-6-13(16)10-12/h4-8,10-11H,3,9H2,1-2H3,(H,17,20)(H,18,19)/b8-7+/t11-/m1/s1. The molecule has 0 aromatic heterocycles. The molecule has 0 bridgehead atoms. The van der Waals surface area contributed by atoms with Crippen LogP contribution in [0.25, 0.3) is 6.08 Å². The van der Waals surface area contributed by atoms with E-state index in [1.165, 1.54) is 6.08 Å². The number of hydrogen-bond acceptors (Lipinski definition) is 2. The minimum Gasteiger partial charge on any atom is -0.354 e. The van der Waals surface area contributed by atoms with Crippen LogP contribution in [0.2, 0.25) is 0 Å². The van der Waals surface area contributed by atoms with E-state index >= 15 is 0 Å². The third-order valence-corrected chi connectivity index (χ3v) is 3.07. The highest BCUT2D eigenvalue weighted by Crippen LogP contribution is 2.12. The Labute approximate surface area is 127 Å². The third-order valence-electron chi connectivity index (χ3n) is 2.58. The van der Waals surface area contributed by atoms with E-state index in [0.717, 1.165) is 16.5 Å². The highest BCUT2D eigenvalue weighted by atomic mass is 79.9. The van der Waals surface area contributed by atoms with Gasteiger partial charge in [0.25, 0.3) is 0 Å². The quantitative estimate of drug-likeness (QED) is 0.783. The van der Waals surface area contributed by atoms with E-state index in [0.29, 0.717) is 6.54 Å². The molecular formula is C15H19BrN2O2. The molecule has 1 aromatic carbocycles. The van der Waals surface area contributed by atoms with Gasteiger partial charge in [0.15, 0.2) is 0 Å². The van der Waals surface area contributed by atoms with Crippen molar-refractivity contribution in [3.8, 4) is 0 Å². The SMILES string of the molecule is CCCNC(=O)[C@@H](C)NC(=O)/C=C/c1cccc(Br)c1. The van der Waals surface area contributed by atoms with Crippen molar-refractivity contribution in [1.29, 1.82) is 0 Å². The van der Waals surface area contributed by atoms with Crippen LogP contribution >= 0.6 is 15.9 Å². The summed E-state index contributed by atoms with van der Waals surface area (Å²) >= 11 is 3.37. The number of carbonyl (C=O) groups excluding carboxylic acids is 2. The number of amides is 2. The second-order valence-electron chi connectivity index (χ2n) is 4.41. The second-order valence-corrected chi connectivity index (χ2v) is 5.33. The molecule has 0 radical (unpaired) electrons. The zero-order valence-corrected chi connectivity index (χ0v) is 13.2. The smallest absolute Gasteiger partial charge is 0.244 e. The molecule has 0 spiro atoms. The van der Waals surface area contributed by atoms with Crippen LogP contribution in [0.4, 0.5) is 0 Å². The Bertz CT molecular complexity index is 500. The molecule has 4 nitrogen and oxygen atoms in total. The van der Waals surface area contributed by atoms with Crippen LogP contribution in [0.5, 0.6) is 0 Å². The monoisotopic (exact) mass is 338 g/mol. The fourth-order valence-electron chi connectivity index (χ4n) is 1.51. The van der Waals surface area contributed by atoms with Crippen LogP contribution in [-0.2, 0) is 9.59 Å². The minimum absolute atomic E-state index is 0.170. The number of rotatable bonds is 6. The minimum atomic E-state index is -0.541. The molecule has 0 unspecified atom stereocenters. The van der Waals surface area contributed by atoms with E-state index in [1.807, 2.05) is 31.2 Å². The summed E-state index contributed by atoms with van der Waals surface area (Å²) in [5.74, 6) is -0.458. The van der Waals surface area contributed by atoms with Crippen molar-refractivity contribution >= 4 is 33.8 Å². The predicted octanol–water partition coefficient (Wildman–Crippen LogP) is 2.49. The Morgan fingerprint density at radius 3 is 2.80 bits per heavy atom. The van der Waals surface area contributed by atoms with Gasteiger partial charge in [0.1, 0.15) is 6.04 Å². The summed E-state index contributed by atoms with van der Waals surface area (Å²) in [6.07, 6.45) is 4.00. The van der Waals surface area contributed by atoms with E-state index in [-0.39, 0.29) is 11.8 Å². The average molecular weight is 339 g/mol. The van der Waals surface area contributed by atoms with Gasteiger partial charge in [0.05, 0.1) is 0 Å². The maximum Gasteiger partial charge on any atom is 0.244 e. The van der Waals surface area contributed by atoms with Gasteiger partial charge in [-0.25, -0.2) is 0 Å². The maximum atomic E-state index is 11.7. The van der Waals surface area contributed by atoms with Gasteiger partial charge >= 0.3 is 0 Å². The molecule has 2 N–H and O–H groups in total. The van der Waals surface area contributed by atoms with Crippen LogP contribution < -0.4 is 10.6 Å². The topological polar surface area (TPSA) is 58.2 Å². The lowest BCUT2D eigenvalue weighted by atomic mass is 10.2. The summed E-state index contributed by atoms with van der Waals surface area (Å²) in [6, 6.07) is 7.06. The molecule has 0 aliphatic carbocycles. The Kier molecular flexibility index (Phi) is 7.01. The van der Waals surface area contributed by atoms with Gasteiger partial charge in [0, 0.05) is 17.1 Å². The van der Waals surface area contributed by atoms with E-state index in [9.17, 15) is 9.59 Å². The van der Waals surface area contributed by atoms with E-state index in [4.69, 9.17) is 0 Å². The number of nitrogens with one attached hydrogen (secondary N) is 2. The highest BCUT2D eigenvalue weighted by molar-refractivity contribution is 9.10. The van der Waals surface area contributed by atoms with Crippen molar-refractivity contribution < 1.29 is 9.59 Å². The van der Waals surface area contributed by atoms with Crippen LogP contribution in [-0.4, -0.2) is 24.4 Å². The number of carbonyl (C=O) groups is 2. The lowest BCUT2D eigenvalue weighted by Crippen LogP contribution is -2.44. The van der Waals surface area contributed by atoms with Crippen LogP contribution in [0.15, 0.2) is 34.8 Å². The van der Waals surface area contributed by atoms with Crippen LogP contribution in [0.3, 0.4) is 0 Å². The number of benzene rings is 1. The normalized spacial score (nSPS) is 12.2. The Hall–Kier alpha value is -1.62. The molecule has 1 atom stereocenters. The second kappa shape index (κ2) is 8.53. The first-order chi connectivity index (χ1) is 9.52. The fraction of sp³-hybridized carbons (Fsp3) is 0.333. The summed E-state index contributed by atoms with van der Waals surface area (Å²) < 4.78 is 0.951. The zero-order chi connectivity index (χ0) is 15.0. The van der Waals surface area contributed by atoms with E-state index < -0.39 is 6.04 Å². The molecular weight excluding hydrogens is 320 g/mol. The molecule has 0 heterocycles. The first kappa shape index (κ1) is 16.4. The maximum absolute atomic E-state index is 11.7. The zero-order valence-electron chi connectivity index (χ0n) is 11.7. The molecule has 108 valence electrons. The molecule has 20 heavy (non-hydrogen) atoms. The Balaban J connectivity index is 2.49. The number of hydrogen-bond donors (Lipinski definition) is 2. The first-order valence-corrected chi connectivity index (χ1v) is 7.34. The van der Waals surface area contributed by atoms with Gasteiger partial charge in [-0.15, -0.1) is 0 Å². The molecule has 1 aromatic rings. The van der Waals surface area contributed by atoms with Crippen molar-refractivity contribution in [2.45, 2.75) is 26.3 Å². The van der Waals surface area contributed by atoms with E-state index in [2.05, 4.69) is 26.6 Å². The molecule has 5 heteroatoms. The lowest BCUT2D eigenvalue weighted by Gasteiger charge is -2.12. The van der Waals surface area contributed by atoms with Crippen molar-refractivity contribution in [2.24, 2.45) is 0 Å². The molecule has 0 aliphatic rings. The summed E-state index contributed by atoms with van der Waals surface area (Å²) in [4.78, 5) is 23.3. The van der Waals surface area contributed by atoms with E-state index in [1.54, 1.807) is 13.0 Å². The summed E-state index contributed by atoms with van der Waals surface area (Å²) in [7, 11) is 0. The van der Waals surface area contributed by atoms with Crippen molar-refractivity contribution in [2.75, 3.05) is 6.54 Å². The van der Waals surface area contributed by atoms with Gasteiger partial charge in [-0.2, -0.15) is 0 Å². The van der Waals surface area contributed by atoms with Gasteiger partial charge in [-0.05, 0) is 37.1 Å². The van der Waals surface area contributed by atoms with Crippen molar-refractivity contribution in [1.82, 2.24) is 10.6 Å². The summed E-state index contributed by atoms with van der Waals surface area (Å²) in [6.45, 7) is 4.26. The van der Waals surface area contributed by atoms with Crippen molar-refractivity contribution in [3.63, 3.8) is 0 Å². The van der Waals surface area contributed by atoms with Crippen molar-refractivity contribution in [3.05, 3.63) is 40.4 Å². The Morgan fingerprint density at radius 2 is 2.15 bits per heavy atom. The third kappa shape index (κ3) is 6.02. The highest BCUT2D eigenvalue weighted by Gasteiger charge is 2.12. The van der Waals surface area contributed by atoms with Gasteiger partial charge in [-0.1, -0.05) is 35.0 Å². The van der Waals surface area contributed by atoms with Gasteiger partial charge < -0.3 is 10.6 Å². The van der Waals surface area contributed by atoms with Crippen LogP contribution in [0, 0.1) is 0 Å². The lowest BCUT2D eigenvalue weighted by molar-refractivity contribution is -0.126. The molecule has 0 saturated heterocycles. The van der Waals surface area contributed by atoms with Gasteiger partial charge in [0.2, 0.25) is 11.8 Å². The molecule has 0 aliphatic heterocycles. The molecule has 0 saturated carbocycles. The number of halogens is 1. The summed E-state index contributed by atoms with van der Waals surface area (Å²) in [5.41, 5.74) is 0.914. The molecule has 1 rings (SSSR count). The Morgan fingerprint density at radius 1 is 1.40 bits per heavy atom. The summed E-state index contributed by atoms with van der Waals surface area (Å²) in [5, 5.41) is 5.36. The fourth-order valence-corrected chi connectivity index (χ4v) is 1.93. The molecule has 2 amide bonds. The average Bonchev–Trinajstić information content (AvgIpc) is 2.42. The predicted molar refractivity (Wildman–Crippen MR) is 84.1 cm³/mol. The largest absolute Gasteiger partial charge is 0.354 e. The molecule has 0 fully saturated rings. The van der Waals surface area contributed by atoms with Crippen LogP contribution in [0.1, 0.15) is 25.8 Å². The first-order valence-electron chi connectivity index (χ1n) is 6.54.